The van der Waals surface area contributed by atoms with Crippen LogP contribution in [0.15, 0.2) is 18.2 Å². The molecular weight excluding hydrogens is 256 g/mol. The standard InChI is InChI=1S/C15H22N2OS/c1-12-3-2-4-14(17-12)10-16-13-5-7-18-15(9-13)6-8-19-11-15/h2-4,13,16H,5-11H2,1H3. The van der Waals surface area contributed by atoms with Gasteiger partial charge in [-0.2, -0.15) is 11.8 Å². The van der Waals surface area contributed by atoms with Crippen molar-refractivity contribution in [2.24, 2.45) is 0 Å². The molecule has 0 saturated carbocycles. The maximum atomic E-state index is 6.05. The van der Waals surface area contributed by atoms with Crippen LogP contribution in [0.3, 0.4) is 0 Å². The predicted octanol–water partition coefficient (Wildman–Crippen LogP) is 2.53. The normalized spacial score (nSPS) is 30.9. The molecule has 2 atom stereocenters. The number of aryl methyl sites for hydroxylation is 1. The van der Waals surface area contributed by atoms with Crippen LogP contribution < -0.4 is 5.32 Å². The third kappa shape index (κ3) is 3.30. The molecule has 0 radical (unpaired) electrons. The summed E-state index contributed by atoms with van der Waals surface area (Å²) >= 11 is 2.03. The second-order valence-electron chi connectivity index (χ2n) is 5.67. The first-order valence-electron chi connectivity index (χ1n) is 7.13. The highest BCUT2D eigenvalue weighted by molar-refractivity contribution is 7.99. The van der Waals surface area contributed by atoms with Gasteiger partial charge in [0.1, 0.15) is 0 Å². The lowest BCUT2D eigenvalue weighted by Crippen LogP contribution is -2.47. The molecule has 0 bridgehead atoms. The summed E-state index contributed by atoms with van der Waals surface area (Å²) in [5.41, 5.74) is 2.40. The Bertz CT molecular complexity index is 432. The molecule has 0 aliphatic carbocycles. The second-order valence-corrected chi connectivity index (χ2v) is 6.78. The first-order valence-corrected chi connectivity index (χ1v) is 8.29. The van der Waals surface area contributed by atoms with E-state index in [4.69, 9.17) is 4.74 Å². The lowest BCUT2D eigenvalue weighted by Gasteiger charge is -2.38. The number of nitrogens with zero attached hydrogens (tertiary/aromatic N) is 1. The highest BCUT2D eigenvalue weighted by atomic mass is 32.2. The third-order valence-electron chi connectivity index (χ3n) is 4.08. The van der Waals surface area contributed by atoms with Crippen LogP contribution >= 0.6 is 11.8 Å². The minimum Gasteiger partial charge on any atom is -0.374 e. The molecule has 0 aromatic carbocycles. The molecule has 3 heterocycles. The van der Waals surface area contributed by atoms with Gasteiger partial charge < -0.3 is 10.1 Å². The average molecular weight is 278 g/mol. The molecule has 4 heteroatoms. The van der Waals surface area contributed by atoms with Gasteiger partial charge in [0, 0.05) is 30.6 Å². The van der Waals surface area contributed by atoms with Crippen LogP contribution in [-0.4, -0.2) is 34.7 Å². The van der Waals surface area contributed by atoms with E-state index in [0.29, 0.717) is 6.04 Å². The minimum absolute atomic E-state index is 0.167. The quantitative estimate of drug-likeness (QED) is 0.921. The Morgan fingerprint density at radius 2 is 2.47 bits per heavy atom. The molecule has 19 heavy (non-hydrogen) atoms. The van der Waals surface area contributed by atoms with Gasteiger partial charge in [-0.1, -0.05) is 6.07 Å². The topological polar surface area (TPSA) is 34.1 Å². The molecule has 1 aromatic heterocycles. The first kappa shape index (κ1) is 13.4. The van der Waals surface area contributed by atoms with E-state index < -0.39 is 0 Å². The van der Waals surface area contributed by atoms with Gasteiger partial charge in [0.15, 0.2) is 0 Å². The molecule has 1 N–H and O–H groups in total. The predicted molar refractivity (Wildman–Crippen MR) is 79.5 cm³/mol. The van der Waals surface area contributed by atoms with E-state index in [1.54, 1.807) is 0 Å². The molecular formula is C15H22N2OS. The molecule has 2 unspecified atom stereocenters. The zero-order valence-corrected chi connectivity index (χ0v) is 12.3. The summed E-state index contributed by atoms with van der Waals surface area (Å²) in [7, 11) is 0. The number of ether oxygens (including phenoxy) is 1. The number of thioether (sulfide) groups is 1. The Balaban J connectivity index is 1.55. The summed E-state index contributed by atoms with van der Waals surface area (Å²) in [5.74, 6) is 2.43. The van der Waals surface area contributed by atoms with Gasteiger partial charge in [-0.3, -0.25) is 4.98 Å². The van der Waals surface area contributed by atoms with Crippen LogP contribution in [0.2, 0.25) is 0 Å². The fraction of sp³-hybridized carbons (Fsp3) is 0.667. The smallest absolute Gasteiger partial charge is 0.0795 e. The van der Waals surface area contributed by atoms with Crippen molar-refractivity contribution >= 4 is 11.8 Å². The molecule has 3 rings (SSSR count). The fourth-order valence-electron chi connectivity index (χ4n) is 3.01. The number of nitrogens with one attached hydrogen (secondary N) is 1. The first-order chi connectivity index (χ1) is 9.26. The van der Waals surface area contributed by atoms with Gasteiger partial charge in [-0.05, 0) is 44.1 Å². The van der Waals surface area contributed by atoms with E-state index in [9.17, 15) is 0 Å². The minimum atomic E-state index is 0.167. The highest BCUT2D eigenvalue weighted by Gasteiger charge is 2.40. The van der Waals surface area contributed by atoms with E-state index in [1.165, 1.54) is 17.9 Å². The molecule has 1 aromatic rings. The molecule has 3 nitrogen and oxygen atoms in total. The Morgan fingerprint density at radius 1 is 1.53 bits per heavy atom. The van der Waals surface area contributed by atoms with Gasteiger partial charge in [0.05, 0.1) is 11.3 Å². The van der Waals surface area contributed by atoms with Crippen LogP contribution in [-0.2, 0) is 11.3 Å². The molecule has 2 saturated heterocycles. The Morgan fingerprint density at radius 3 is 3.26 bits per heavy atom. The largest absolute Gasteiger partial charge is 0.374 e. The zero-order valence-electron chi connectivity index (χ0n) is 11.5. The van der Waals surface area contributed by atoms with Gasteiger partial charge in [-0.15, -0.1) is 0 Å². The van der Waals surface area contributed by atoms with Gasteiger partial charge in [0.2, 0.25) is 0 Å². The van der Waals surface area contributed by atoms with Crippen molar-refractivity contribution in [1.29, 1.82) is 0 Å². The third-order valence-corrected chi connectivity index (χ3v) is 5.30. The van der Waals surface area contributed by atoms with Gasteiger partial charge >= 0.3 is 0 Å². The molecule has 2 aliphatic rings. The van der Waals surface area contributed by atoms with Crippen molar-refractivity contribution in [2.75, 3.05) is 18.1 Å². The maximum absolute atomic E-state index is 6.05. The fourth-order valence-corrected chi connectivity index (χ4v) is 4.39. The summed E-state index contributed by atoms with van der Waals surface area (Å²) in [5, 5.41) is 3.66. The molecule has 104 valence electrons. The van der Waals surface area contributed by atoms with Crippen molar-refractivity contribution < 1.29 is 4.74 Å². The van der Waals surface area contributed by atoms with Crippen LogP contribution in [0.5, 0.6) is 0 Å². The van der Waals surface area contributed by atoms with E-state index in [1.807, 2.05) is 24.8 Å². The van der Waals surface area contributed by atoms with Crippen molar-refractivity contribution in [3.8, 4) is 0 Å². The van der Waals surface area contributed by atoms with Crippen molar-refractivity contribution in [3.63, 3.8) is 0 Å². The van der Waals surface area contributed by atoms with Crippen molar-refractivity contribution in [2.45, 2.75) is 44.4 Å². The van der Waals surface area contributed by atoms with Crippen LogP contribution in [0, 0.1) is 6.92 Å². The SMILES string of the molecule is Cc1cccc(CNC2CCOC3(CCSC3)C2)n1. The number of rotatable bonds is 3. The Labute approximate surface area is 119 Å². The van der Waals surface area contributed by atoms with Gasteiger partial charge in [0.25, 0.3) is 0 Å². The van der Waals surface area contributed by atoms with Crippen LogP contribution in [0.1, 0.15) is 30.7 Å². The summed E-state index contributed by atoms with van der Waals surface area (Å²) in [6.45, 7) is 3.82. The lowest BCUT2D eigenvalue weighted by molar-refractivity contribution is -0.0703. The lowest BCUT2D eigenvalue weighted by atomic mass is 9.90. The second kappa shape index (κ2) is 5.81. The van der Waals surface area contributed by atoms with E-state index in [0.717, 1.165) is 37.4 Å². The van der Waals surface area contributed by atoms with E-state index in [-0.39, 0.29) is 5.60 Å². The highest BCUT2D eigenvalue weighted by Crippen LogP contribution is 2.38. The van der Waals surface area contributed by atoms with Crippen LogP contribution in [0.4, 0.5) is 0 Å². The zero-order chi connectivity index (χ0) is 13.1. The number of hydrogen-bond donors (Lipinski definition) is 1. The monoisotopic (exact) mass is 278 g/mol. The number of pyridine rings is 1. The summed E-state index contributed by atoms with van der Waals surface area (Å²) < 4.78 is 6.05. The number of hydrogen-bond acceptors (Lipinski definition) is 4. The van der Waals surface area contributed by atoms with Crippen LogP contribution in [0.25, 0.3) is 0 Å². The summed E-state index contributed by atoms with van der Waals surface area (Å²) in [4.78, 5) is 4.55. The van der Waals surface area contributed by atoms with Gasteiger partial charge in [-0.25, -0.2) is 0 Å². The number of aromatic nitrogens is 1. The summed E-state index contributed by atoms with van der Waals surface area (Å²) in [6.07, 6.45) is 3.50. The molecule has 2 fully saturated rings. The molecule has 2 aliphatic heterocycles. The Hall–Kier alpha value is -0.580. The summed E-state index contributed by atoms with van der Waals surface area (Å²) in [6, 6.07) is 6.80. The van der Waals surface area contributed by atoms with Crippen molar-refractivity contribution in [1.82, 2.24) is 10.3 Å². The molecule has 1 spiro atoms. The Kier molecular flexibility index (Phi) is 4.10. The van der Waals surface area contributed by atoms with E-state index >= 15 is 0 Å². The maximum Gasteiger partial charge on any atom is 0.0795 e. The van der Waals surface area contributed by atoms with E-state index in [2.05, 4.69) is 22.4 Å². The average Bonchev–Trinajstić information content (AvgIpc) is 2.85. The van der Waals surface area contributed by atoms with Crippen molar-refractivity contribution in [3.05, 3.63) is 29.6 Å². The molecule has 0 amide bonds.